The largest absolute Gasteiger partial charge is 0.361 e. The first-order chi connectivity index (χ1) is 10.6. The van der Waals surface area contributed by atoms with Crippen LogP contribution in [0.5, 0.6) is 0 Å². The summed E-state index contributed by atoms with van der Waals surface area (Å²) in [5.74, 6) is 0.524. The molecule has 1 atom stereocenters. The van der Waals surface area contributed by atoms with E-state index in [1.807, 2.05) is 19.9 Å². The average Bonchev–Trinajstić information content (AvgIpc) is 3.15. The number of carbonyl (C=O) groups is 1. The monoisotopic (exact) mass is 302 g/mol. The van der Waals surface area contributed by atoms with Gasteiger partial charge in [-0.05, 0) is 31.0 Å². The minimum Gasteiger partial charge on any atom is -0.361 e. The molecule has 4 nitrogen and oxygen atoms in total. The molecule has 0 bridgehead atoms. The number of hydrogen-bond acceptors (Lipinski definition) is 3. The number of nitrogens with zero attached hydrogens (tertiary/aromatic N) is 2. The molecule has 0 spiro atoms. The standard InChI is InChI=1S/C17H19FN2O2/c1-11(2)16-10-14(19-22-16)15-7-4-8-20(15)17(21)12-5-3-6-13(18)9-12/h3,5-6,9-11,15H,4,7-8H2,1-2H3. The molecule has 3 rings (SSSR count). The number of carbonyl (C=O) groups excluding carboxylic acids is 1. The van der Waals surface area contributed by atoms with Crippen molar-refractivity contribution < 1.29 is 13.7 Å². The van der Waals surface area contributed by atoms with Gasteiger partial charge in [0.1, 0.15) is 17.3 Å². The maximum atomic E-state index is 13.3. The van der Waals surface area contributed by atoms with Gasteiger partial charge in [-0.25, -0.2) is 4.39 Å². The van der Waals surface area contributed by atoms with Crippen LogP contribution in [0.1, 0.15) is 60.5 Å². The Labute approximate surface area is 128 Å². The van der Waals surface area contributed by atoms with Crippen LogP contribution in [-0.4, -0.2) is 22.5 Å². The molecule has 1 fully saturated rings. The Kier molecular flexibility index (Phi) is 3.96. The lowest BCUT2D eigenvalue weighted by Crippen LogP contribution is -2.30. The van der Waals surface area contributed by atoms with E-state index < -0.39 is 5.82 Å². The number of hydrogen-bond donors (Lipinski definition) is 0. The van der Waals surface area contributed by atoms with E-state index in [4.69, 9.17) is 4.52 Å². The second kappa shape index (κ2) is 5.91. The molecule has 0 aliphatic carbocycles. The van der Waals surface area contributed by atoms with E-state index >= 15 is 0 Å². The molecular weight excluding hydrogens is 283 g/mol. The predicted molar refractivity (Wildman–Crippen MR) is 80.0 cm³/mol. The van der Waals surface area contributed by atoms with Crippen LogP contribution in [0.3, 0.4) is 0 Å². The average molecular weight is 302 g/mol. The first-order valence-corrected chi connectivity index (χ1v) is 7.59. The smallest absolute Gasteiger partial charge is 0.254 e. The lowest BCUT2D eigenvalue weighted by Gasteiger charge is -2.23. The number of benzene rings is 1. The van der Waals surface area contributed by atoms with Gasteiger partial charge in [0, 0.05) is 24.1 Å². The van der Waals surface area contributed by atoms with Crippen LogP contribution < -0.4 is 0 Å². The van der Waals surface area contributed by atoms with E-state index in [1.165, 1.54) is 12.1 Å². The number of halogens is 1. The molecule has 1 aliphatic rings. The summed E-state index contributed by atoms with van der Waals surface area (Å²) >= 11 is 0. The van der Waals surface area contributed by atoms with Gasteiger partial charge in [0.25, 0.3) is 5.91 Å². The van der Waals surface area contributed by atoms with Crippen molar-refractivity contribution in [3.05, 3.63) is 53.2 Å². The lowest BCUT2D eigenvalue weighted by atomic mass is 10.1. The van der Waals surface area contributed by atoms with Crippen LogP contribution in [0, 0.1) is 5.82 Å². The topological polar surface area (TPSA) is 46.3 Å². The highest BCUT2D eigenvalue weighted by molar-refractivity contribution is 5.94. The molecule has 1 amide bonds. The van der Waals surface area contributed by atoms with E-state index in [1.54, 1.807) is 17.0 Å². The zero-order valence-electron chi connectivity index (χ0n) is 12.8. The van der Waals surface area contributed by atoms with Crippen LogP contribution >= 0.6 is 0 Å². The summed E-state index contributed by atoms with van der Waals surface area (Å²) in [6.45, 7) is 4.73. The molecule has 1 aromatic carbocycles. The Morgan fingerprint density at radius 3 is 2.91 bits per heavy atom. The molecule has 1 aliphatic heterocycles. The summed E-state index contributed by atoms with van der Waals surface area (Å²) in [5.41, 5.74) is 1.16. The maximum Gasteiger partial charge on any atom is 0.254 e. The molecule has 116 valence electrons. The number of aromatic nitrogens is 1. The number of likely N-dealkylation sites (tertiary alicyclic amines) is 1. The van der Waals surface area contributed by atoms with Gasteiger partial charge in [0.15, 0.2) is 0 Å². The molecule has 22 heavy (non-hydrogen) atoms. The van der Waals surface area contributed by atoms with Crippen molar-refractivity contribution in [2.75, 3.05) is 6.54 Å². The first kappa shape index (κ1) is 14.8. The molecule has 1 aromatic heterocycles. The zero-order chi connectivity index (χ0) is 15.7. The summed E-state index contributed by atoms with van der Waals surface area (Å²) in [6, 6.07) is 7.65. The fourth-order valence-corrected chi connectivity index (χ4v) is 2.84. The second-order valence-corrected chi connectivity index (χ2v) is 5.98. The zero-order valence-corrected chi connectivity index (χ0v) is 12.8. The van der Waals surface area contributed by atoms with E-state index in [-0.39, 0.29) is 17.9 Å². The predicted octanol–water partition coefficient (Wildman–Crippen LogP) is 3.91. The van der Waals surface area contributed by atoms with Crippen molar-refractivity contribution in [1.82, 2.24) is 10.1 Å². The van der Waals surface area contributed by atoms with Crippen molar-refractivity contribution in [3.63, 3.8) is 0 Å². The van der Waals surface area contributed by atoms with Crippen molar-refractivity contribution in [2.24, 2.45) is 0 Å². The summed E-state index contributed by atoms with van der Waals surface area (Å²) in [4.78, 5) is 14.4. The van der Waals surface area contributed by atoms with Crippen LogP contribution in [0.2, 0.25) is 0 Å². The van der Waals surface area contributed by atoms with Gasteiger partial charge in [-0.1, -0.05) is 25.1 Å². The van der Waals surface area contributed by atoms with E-state index in [9.17, 15) is 9.18 Å². The SMILES string of the molecule is CC(C)c1cc(C2CCCN2C(=O)c2cccc(F)c2)no1. The molecular formula is C17H19FN2O2. The molecule has 0 N–H and O–H groups in total. The minimum absolute atomic E-state index is 0.0907. The molecule has 2 heterocycles. The third-order valence-electron chi connectivity index (χ3n) is 4.04. The molecule has 2 aromatic rings. The van der Waals surface area contributed by atoms with Crippen LogP contribution in [0.25, 0.3) is 0 Å². The highest BCUT2D eigenvalue weighted by Crippen LogP contribution is 2.33. The minimum atomic E-state index is -0.398. The Hall–Kier alpha value is -2.17. The number of rotatable bonds is 3. The van der Waals surface area contributed by atoms with Crippen molar-refractivity contribution >= 4 is 5.91 Å². The van der Waals surface area contributed by atoms with Gasteiger partial charge in [0.05, 0.1) is 6.04 Å². The van der Waals surface area contributed by atoms with Crippen molar-refractivity contribution in [2.45, 2.75) is 38.6 Å². The van der Waals surface area contributed by atoms with Gasteiger partial charge in [-0.15, -0.1) is 0 Å². The second-order valence-electron chi connectivity index (χ2n) is 5.98. The summed E-state index contributed by atoms with van der Waals surface area (Å²) in [6.07, 6.45) is 1.76. The van der Waals surface area contributed by atoms with E-state index in [2.05, 4.69) is 5.16 Å². The lowest BCUT2D eigenvalue weighted by molar-refractivity contribution is 0.0730. The van der Waals surface area contributed by atoms with Gasteiger partial charge in [0.2, 0.25) is 0 Å². The normalized spacial score (nSPS) is 18.2. The summed E-state index contributed by atoms with van der Waals surface area (Å²) in [7, 11) is 0. The Balaban J connectivity index is 1.84. The third-order valence-corrected chi connectivity index (χ3v) is 4.04. The van der Waals surface area contributed by atoms with Gasteiger partial charge >= 0.3 is 0 Å². The van der Waals surface area contributed by atoms with Gasteiger partial charge in [-0.3, -0.25) is 4.79 Å². The summed E-state index contributed by atoms with van der Waals surface area (Å²) < 4.78 is 18.7. The summed E-state index contributed by atoms with van der Waals surface area (Å²) in [5, 5.41) is 4.12. The van der Waals surface area contributed by atoms with E-state index in [0.717, 1.165) is 24.3 Å². The van der Waals surface area contributed by atoms with Crippen LogP contribution in [-0.2, 0) is 0 Å². The quantitative estimate of drug-likeness (QED) is 0.863. The fourth-order valence-electron chi connectivity index (χ4n) is 2.84. The van der Waals surface area contributed by atoms with Crippen LogP contribution in [0.15, 0.2) is 34.9 Å². The number of amides is 1. The molecule has 5 heteroatoms. The molecule has 0 saturated carbocycles. The van der Waals surface area contributed by atoms with Crippen molar-refractivity contribution in [3.8, 4) is 0 Å². The van der Waals surface area contributed by atoms with E-state index in [0.29, 0.717) is 12.1 Å². The molecule has 1 saturated heterocycles. The maximum absolute atomic E-state index is 13.3. The highest BCUT2D eigenvalue weighted by atomic mass is 19.1. The Morgan fingerprint density at radius 1 is 1.41 bits per heavy atom. The highest BCUT2D eigenvalue weighted by Gasteiger charge is 2.33. The van der Waals surface area contributed by atoms with Gasteiger partial charge in [-0.2, -0.15) is 0 Å². The Morgan fingerprint density at radius 2 is 2.23 bits per heavy atom. The molecule has 1 unspecified atom stereocenters. The first-order valence-electron chi connectivity index (χ1n) is 7.59. The third kappa shape index (κ3) is 2.75. The fraction of sp³-hybridized carbons (Fsp3) is 0.412. The van der Waals surface area contributed by atoms with Crippen LogP contribution in [0.4, 0.5) is 4.39 Å². The van der Waals surface area contributed by atoms with Crippen molar-refractivity contribution in [1.29, 1.82) is 0 Å². The molecule has 0 radical (unpaired) electrons. The van der Waals surface area contributed by atoms with Gasteiger partial charge < -0.3 is 9.42 Å². The Bertz CT molecular complexity index is 681.